The highest BCUT2D eigenvalue weighted by Crippen LogP contribution is 2.22. The first-order chi connectivity index (χ1) is 17.4. The van der Waals surface area contributed by atoms with Crippen molar-refractivity contribution in [3.63, 3.8) is 0 Å². The highest BCUT2D eigenvalue weighted by molar-refractivity contribution is 5.97. The Hall–Kier alpha value is -4.26. The molecule has 0 aliphatic heterocycles. The molecule has 1 aromatic heterocycles. The molecular weight excluding hydrogens is 455 g/mol. The number of halogens is 1. The van der Waals surface area contributed by atoms with E-state index >= 15 is 0 Å². The third-order valence-electron chi connectivity index (χ3n) is 5.88. The van der Waals surface area contributed by atoms with Crippen molar-refractivity contribution in [2.24, 2.45) is 5.92 Å². The van der Waals surface area contributed by atoms with Gasteiger partial charge in [0.1, 0.15) is 11.9 Å². The Bertz CT molecular complexity index is 1320. The molecule has 1 atom stereocenters. The number of aromatic nitrogens is 2. The molecule has 2 N–H and O–H groups in total. The van der Waals surface area contributed by atoms with Crippen LogP contribution >= 0.6 is 0 Å². The van der Waals surface area contributed by atoms with Crippen molar-refractivity contribution in [3.05, 3.63) is 114 Å². The Kier molecular flexibility index (Phi) is 7.90. The average molecular weight is 485 g/mol. The molecule has 0 saturated heterocycles. The van der Waals surface area contributed by atoms with Gasteiger partial charge in [0, 0.05) is 23.9 Å². The summed E-state index contributed by atoms with van der Waals surface area (Å²) in [6, 6.07) is 24.7. The predicted octanol–water partition coefficient (Wildman–Crippen LogP) is 4.81. The van der Waals surface area contributed by atoms with Crippen molar-refractivity contribution in [2.75, 3.05) is 0 Å². The van der Waals surface area contributed by atoms with Crippen molar-refractivity contribution in [2.45, 2.75) is 33.0 Å². The number of nitrogens with zero attached hydrogens (tertiary/aromatic N) is 2. The Morgan fingerprint density at radius 2 is 1.56 bits per heavy atom. The van der Waals surface area contributed by atoms with Crippen LogP contribution in [0, 0.1) is 11.7 Å². The first-order valence-electron chi connectivity index (χ1n) is 11.9. The molecule has 7 heteroatoms. The van der Waals surface area contributed by atoms with E-state index in [1.54, 1.807) is 6.07 Å². The molecule has 0 aliphatic rings. The van der Waals surface area contributed by atoms with Crippen LogP contribution in [-0.4, -0.2) is 27.6 Å². The molecule has 0 bridgehead atoms. The predicted molar refractivity (Wildman–Crippen MR) is 138 cm³/mol. The maximum Gasteiger partial charge on any atom is 0.254 e. The summed E-state index contributed by atoms with van der Waals surface area (Å²) < 4.78 is 15.9. The smallest absolute Gasteiger partial charge is 0.254 e. The molecule has 0 aliphatic carbocycles. The van der Waals surface area contributed by atoms with E-state index < -0.39 is 17.8 Å². The van der Waals surface area contributed by atoms with Crippen LogP contribution in [0.1, 0.15) is 35.3 Å². The van der Waals surface area contributed by atoms with E-state index in [0.29, 0.717) is 6.54 Å². The summed E-state index contributed by atoms with van der Waals surface area (Å²) in [5, 5.41) is 10.4. The Morgan fingerprint density at radius 3 is 2.22 bits per heavy atom. The number of nitrogens with one attached hydrogen (secondary N) is 2. The topological polar surface area (TPSA) is 76.0 Å². The lowest BCUT2D eigenvalue weighted by atomic mass is 10.0. The molecule has 0 saturated carbocycles. The van der Waals surface area contributed by atoms with E-state index in [9.17, 15) is 14.0 Å². The van der Waals surface area contributed by atoms with E-state index in [0.717, 1.165) is 22.4 Å². The van der Waals surface area contributed by atoms with E-state index in [1.807, 2.05) is 85.4 Å². The second-order valence-corrected chi connectivity index (χ2v) is 8.94. The number of carbonyl (C=O) groups is 2. The molecule has 6 nitrogen and oxygen atoms in total. The molecule has 2 amide bonds. The monoisotopic (exact) mass is 484 g/mol. The molecule has 1 heterocycles. The summed E-state index contributed by atoms with van der Waals surface area (Å²) in [6.45, 7) is 4.50. The van der Waals surface area contributed by atoms with Crippen LogP contribution in [0.5, 0.6) is 0 Å². The average Bonchev–Trinajstić information content (AvgIpc) is 3.29. The van der Waals surface area contributed by atoms with E-state index in [4.69, 9.17) is 5.10 Å². The molecule has 4 rings (SSSR count). The van der Waals surface area contributed by atoms with E-state index in [2.05, 4.69) is 10.6 Å². The van der Waals surface area contributed by atoms with Gasteiger partial charge in [-0.05, 0) is 23.6 Å². The highest BCUT2D eigenvalue weighted by atomic mass is 19.1. The largest absolute Gasteiger partial charge is 0.350 e. The van der Waals surface area contributed by atoms with Crippen molar-refractivity contribution < 1.29 is 14.0 Å². The Balaban J connectivity index is 1.51. The minimum atomic E-state index is -0.823. The van der Waals surface area contributed by atoms with Crippen LogP contribution in [-0.2, 0) is 17.9 Å². The Labute approximate surface area is 210 Å². The zero-order chi connectivity index (χ0) is 25.5. The normalized spacial score (nSPS) is 11.8. The summed E-state index contributed by atoms with van der Waals surface area (Å²) in [7, 11) is 0. The standard InChI is InChI=1S/C29H29FN4O2/c1-20(2)26(32-28(35)24-15-9-10-16-25(24)30)29(36)31-17-23-19-34(18-21-11-5-3-6-12-21)33-27(23)22-13-7-4-8-14-22/h3-16,19-20,26H,17-18H2,1-2H3,(H,31,36)(H,32,35). The van der Waals surface area contributed by atoms with Crippen LogP contribution in [0.4, 0.5) is 4.39 Å². The molecule has 4 aromatic rings. The van der Waals surface area contributed by atoms with Gasteiger partial charge in [0.05, 0.1) is 17.8 Å². The zero-order valence-electron chi connectivity index (χ0n) is 20.3. The van der Waals surface area contributed by atoms with Gasteiger partial charge in [0.15, 0.2) is 0 Å². The number of benzene rings is 3. The van der Waals surface area contributed by atoms with Crippen LogP contribution in [0.25, 0.3) is 11.3 Å². The van der Waals surface area contributed by atoms with Crippen molar-refractivity contribution >= 4 is 11.8 Å². The molecule has 0 fully saturated rings. The fourth-order valence-corrected chi connectivity index (χ4v) is 3.97. The van der Waals surface area contributed by atoms with Crippen LogP contribution < -0.4 is 10.6 Å². The molecule has 0 spiro atoms. The zero-order valence-corrected chi connectivity index (χ0v) is 20.3. The fourth-order valence-electron chi connectivity index (χ4n) is 3.97. The van der Waals surface area contributed by atoms with E-state index in [-0.39, 0.29) is 23.9 Å². The molecule has 1 unspecified atom stereocenters. The summed E-state index contributed by atoms with van der Waals surface area (Å²) >= 11 is 0. The Morgan fingerprint density at radius 1 is 0.917 bits per heavy atom. The van der Waals surface area contributed by atoms with Gasteiger partial charge in [-0.3, -0.25) is 14.3 Å². The van der Waals surface area contributed by atoms with Crippen molar-refractivity contribution in [1.82, 2.24) is 20.4 Å². The van der Waals surface area contributed by atoms with Crippen LogP contribution in [0.3, 0.4) is 0 Å². The molecule has 3 aromatic carbocycles. The summed E-state index contributed by atoms with van der Waals surface area (Å²) in [5.41, 5.74) is 3.61. The lowest BCUT2D eigenvalue weighted by Crippen LogP contribution is -2.49. The molecular formula is C29H29FN4O2. The lowest BCUT2D eigenvalue weighted by molar-refractivity contribution is -0.124. The van der Waals surface area contributed by atoms with Crippen molar-refractivity contribution in [1.29, 1.82) is 0 Å². The van der Waals surface area contributed by atoms with Gasteiger partial charge in [0.25, 0.3) is 5.91 Å². The summed E-state index contributed by atoms with van der Waals surface area (Å²) in [4.78, 5) is 25.7. The SMILES string of the molecule is CC(C)C(NC(=O)c1ccccc1F)C(=O)NCc1cn(Cc2ccccc2)nc1-c1ccccc1. The number of amides is 2. The van der Waals surface area contributed by atoms with E-state index in [1.165, 1.54) is 18.2 Å². The van der Waals surface area contributed by atoms with Crippen LogP contribution in [0.15, 0.2) is 91.1 Å². The summed E-state index contributed by atoms with van der Waals surface area (Å²) in [6.07, 6.45) is 1.93. The third-order valence-corrected chi connectivity index (χ3v) is 5.88. The number of rotatable bonds is 9. The quantitative estimate of drug-likeness (QED) is 0.358. The lowest BCUT2D eigenvalue weighted by Gasteiger charge is -2.22. The second-order valence-electron chi connectivity index (χ2n) is 8.94. The van der Waals surface area contributed by atoms with Gasteiger partial charge < -0.3 is 10.6 Å². The maximum atomic E-state index is 14.1. The van der Waals surface area contributed by atoms with Gasteiger partial charge in [-0.15, -0.1) is 0 Å². The third kappa shape index (κ3) is 6.05. The van der Waals surface area contributed by atoms with Gasteiger partial charge in [-0.2, -0.15) is 5.10 Å². The highest BCUT2D eigenvalue weighted by Gasteiger charge is 2.26. The summed E-state index contributed by atoms with van der Waals surface area (Å²) in [5.74, 6) is -1.79. The minimum Gasteiger partial charge on any atom is -0.350 e. The first kappa shape index (κ1) is 24.9. The molecule has 184 valence electrons. The second kappa shape index (κ2) is 11.4. The maximum absolute atomic E-state index is 14.1. The number of hydrogen-bond acceptors (Lipinski definition) is 3. The minimum absolute atomic E-state index is 0.0931. The van der Waals surface area contributed by atoms with Gasteiger partial charge in [-0.1, -0.05) is 86.6 Å². The van der Waals surface area contributed by atoms with Crippen molar-refractivity contribution in [3.8, 4) is 11.3 Å². The van der Waals surface area contributed by atoms with Crippen LogP contribution in [0.2, 0.25) is 0 Å². The fraction of sp³-hybridized carbons (Fsp3) is 0.207. The first-order valence-corrected chi connectivity index (χ1v) is 11.9. The van der Waals surface area contributed by atoms with Gasteiger partial charge >= 0.3 is 0 Å². The van der Waals surface area contributed by atoms with Gasteiger partial charge in [0.2, 0.25) is 5.91 Å². The molecule has 36 heavy (non-hydrogen) atoms. The number of carbonyl (C=O) groups excluding carboxylic acids is 2. The molecule has 0 radical (unpaired) electrons. The van der Waals surface area contributed by atoms with Gasteiger partial charge in [-0.25, -0.2) is 4.39 Å². The number of hydrogen-bond donors (Lipinski definition) is 2.